The smallest absolute Gasteiger partial charge is 0.330 e. The predicted octanol–water partition coefficient (Wildman–Crippen LogP) is 1.01. The van der Waals surface area contributed by atoms with E-state index in [4.69, 9.17) is 10.5 Å². The summed E-state index contributed by atoms with van der Waals surface area (Å²) in [4.78, 5) is 24.4. The highest BCUT2D eigenvalue weighted by Gasteiger charge is 2.44. The van der Waals surface area contributed by atoms with Gasteiger partial charge in [0.15, 0.2) is 17.7 Å². The molecule has 11 heteroatoms. The fourth-order valence-electron chi connectivity index (χ4n) is 3.24. The molecule has 2 aromatic heterocycles. The highest BCUT2D eigenvalue weighted by atomic mass is 32.2. The molecule has 10 nitrogen and oxygen atoms in total. The van der Waals surface area contributed by atoms with Gasteiger partial charge >= 0.3 is 5.97 Å². The minimum absolute atomic E-state index is 0.230. The maximum atomic E-state index is 11.2. The van der Waals surface area contributed by atoms with E-state index in [0.717, 1.165) is 10.5 Å². The number of anilines is 1. The molecule has 1 aromatic carbocycles. The van der Waals surface area contributed by atoms with Gasteiger partial charge in [0.25, 0.3) is 0 Å². The number of carbonyl (C=O) groups is 1. The van der Waals surface area contributed by atoms with Crippen LogP contribution in [-0.2, 0) is 14.3 Å². The molecule has 1 aliphatic rings. The van der Waals surface area contributed by atoms with Crippen LogP contribution in [0, 0.1) is 0 Å². The average molecular weight is 443 g/mol. The van der Waals surface area contributed by atoms with Crippen molar-refractivity contribution >= 4 is 40.8 Å². The zero-order valence-electron chi connectivity index (χ0n) is 16.5. The topological polar surface area (TPSA) is 146 Å². The molecule has 3 heterocycles. The molecule has 0 bridgehead atoms. The number of thioether (sulfide) groups is 1. The first kappa shape index (κ1) is 21.2. The summed E-state index contributed by atoms with van der Waals surface area (Å²) in [5.41, 5.74) is 7.50. The number of hydrogen-bond acceptors (Lipinski definition) is 10. The largest absolute Gasteiger partial charge is 0.466 e. The monoisotopic (exact) mass is 443 g/mol. The molecular formula is C20H21N5O5S. The first-order valence-corrected chi connectivity index (χ1v) is 10.4. The van der Waals surface area contributed by atoms with Gasteiger partial charge in [-0.05, 0) is 23.8 Å². The molecule has 0 amide bonds. The molecule has 4 rings (SSSR count). The lowest BCUT2D eigenvalue weighted by molar-refractivity contribution is -0.134. The number of imidazole rings is 1. The van der Waals surface area contributed by atoms with E-state index in [-0.39, 0.29) is 5.82 Å². The Morgan fingerprint density at radius 1 is 1.26 bits per heavy atom. The van der Waals surface area contributed by atoms with Gasteiger partial charge < -0.3 is 25.4 Å². The molecule has 4 N–H and O–H groups in total. The maximum Gasteiger partial charge on any atom is 0.330 e. The summed E-state index contributed by atoms with van der Waals surface area (Å²) in [6.07, 6.45) is 2.13. The number of nitrogen functional groups attached to an aromatic ring is 1. The van der Waals surface area contributed by atoms with Gasteiger partial charge in [-0.1, -0.05) is 12.1 Å². The maximum absolute atomic E-state index is 11.2. The molecule has 31 heavy (non-hydrogen) atoms. The summed E-state index contributed by atoms with van der Waals surface area (Å²) >= 11 is 1.48. The Hall–Kier alpha value is -2.99. The number of aliphatic hydroxyl groups excluding tert-OH is 2. The fraction of sp³-hybridized carbons (Fsp3) is 0.300. The van der Waals surface area contributed by atoms with Crippen LogP contribution in [0.3, 0.4) is 0 Å². The second-order valence-corrected chi connectivity index (χ2v) is 7.96. The quantitative estimate of drug-likeness (QED) is 0.286. The van der Waals surface area contributed by atoms with Crippen molar-refractivity contribution in [1.82, 2.24) is 19.5 Å². The van der Waals surface area contributed by atoms with E-state index in [1.54, 1.807) is 10.6 Å². The molecule has 0 saturated carbocycles. The van der Waals surface area contributed by atoms with Gasteiger partial charge in [-0.3, -0.25) is 4.57 Å². The molecule has 1 saturated heterocycles. The van der Waals surface area contributed by atoms with Crippen LogP contribution in [0.15, 0.2) is 47.9 Å². The van der Waals surface area contributed by atoms with E-state index in [2.05, 4.69) is 19.7 Å². The summed E-state index contributed by atoms with van der Waals surface area (Å²) < 4.78 is 12.1. The van der Waals surface area contributed by atoms with Crippen LogP contribution in [-0.4, -0.2) is 66.9 Å². The SMILES string of the molecule is COC(=O)/C=C/c1ccc(SC[C@H]2O[C@@H](n3cnc4c(N)ncnc43)[C@H](O)[C@@H]2O)cc1. The van der Waals surface area contributed by atoms with E-state index in [1.807, 2.05) is 24.3 Å². The van der Waals surface area contributed by atoms with Crippen LogP contribution < -0.4 is 5.73 Å². The van der Waals surface area contributed by atoms with Gasteiger partial charge in [-0.15, -0.1) is 11.8 Å². The number of nitrogens with two attached hydrogens (primary N) is 1. The van der Waals surface area contributed by atoms with Gasteiger partial charge in [0.1, 0.15) is 24.1 Å². The zero-order valence-corrected chi connectivity index (χ0v) is 17.3. The van der Waals surface area contributed by atoms with Gasteiger partial charge in [-0.2, -0.15) is 0 Å². The number of fused-ring (bicyclic) bond motifs is 1. The number of rotatable bonds is 6. The fourth-order valence-corrected chi connectivity index (χ4v) is 4.20. The van der Waals surface area contributed by atoms with Crippen molar-refractivity contribution in [3.8, 4) is 0 Å². The number of methoxy groups -OCH3 is 1. The molecule has 162 valence electrons. The molecule has 0 unspecified atom stereocenters. The van der Waals surface area contributed by atoms with E-state index in [9.17, 15) is 15.0 Å². The number of aromatic nitrogens is 4. The van der Waals surface area contributed by atoms with Gasteiger partial charge in [0.05, 0.1) is 19.5 Å². The predicted molar refractivity (Wildman–Crippen MR) is 114 cm³/mol. The molecule has 0 aliphatic carbocycles. The van der Waals surface area contributed by atoms with Crippen molar-refractivity contribution in [3.05, 3.63) is 48.6 Å². The number of hydrogen-bond donors (Lipinski definition) is 3. The number of nitrogens with zero attached hydrogens (tertiary/aromatic N) is 4. The highest BCUT2D eigenvalue weighted by Crippen LogP contribution is 2.34. The van der Waals surface area contributed by atoms with Crippen LogP contribution in [0.5, 0.6) is 0 Å². The van der Waals surface area contributed by atoms with E-state index in [0.29, 0.717) is 16.9 Å². The molecular weight excluding hydrogens is 422 g/mol. The van der Waals surface area contributed by atoms with Crippen LogP contribution >= 0.6 is 11.8 Å². The summed E-state index contributed by atoms with van der Waals surface area (Å²) in [7, 11) is 1.33. The zero-order chi connectivity index (χ0) is 22.0. The van der Waals surface area contributed by atoms with Gasteiger partial charge in [0.2, 0.25) is 0 Å². The summed E-state index contributed by atoms with van der Waals surface area (Å²) in [6, 6.07) is 7.54. The average Bonchev–Trinajstić information content (AvgIpc) is 3.33. The second kappa shape index (κ2) is 9.02. The molecule has 1 fully saturated rings. The molecule has 0 spiro atoms. The minimum atomic E-state index is -1.15. The third-order valence-corrected chi connectivity index (χ3v) is 6.01. The van der Waals surface area contributed by atoms with Crippen LogP contribution in [0.4, 0.5) is 5.82 Å². The molecule has 4 atom stereocenters. The van der Waals surface area contributed by atoms with Crippen molar-refractivity contribution in [3.63, 3.8) is 0 Å². The first-order chi connectivity index (χ1) is 15.0. The minimum Gasteiger partial charge on any atom is -0.466 e. The van der Waals surface area contributed by atoms with Crippen molar-refractivity contribution in [2.75, 3.05) is 18.6 Å². The van der Waals surface area contributed by atoms with Gasteiger partial charge in [-0.25, -0.2) is 19.7 Å². The number of ether oxygens (including phenoxy) is 2. The van der Waals surface area contributed by atoms with Crippen LogP contribution in [0.25, 0.3) is 17.2 Å². The second-order valence-electron chi connectivity index (χ2n) is 6.87. The highest BCUT2D eigenvalue weighted by molar-refractivity contribution is 7.99. The third kappa shape index (κ3) is 4.39. The van der Waals surface area contributed by atoms with E-state index >= 15 is 0 Å². The Bertz CT molecular complexity index is 1100. The van der Waals surface area contributed by atoms with Crippen molar-refractivity contribution in [1.29, 1.82) is 0 Å². The molecule has 0 radical (unpaired) electrons. The van der Waals surface area contributed by atoms with E-state index in [1.165, 1.54) is 37.6 Å². The lowest BCUT2D eigenvalue weighted by Crippen LogP contribution is -2.32. The van der Waals surface area contributed by atoms with Crippen molar-refractivity contribution in [2.45, 2.75) is 29.4 Å². The summed E-state index contributed by atoms with van der Waals surface area (Å²) in [5, 5.41) is 21.0. The lowest BCUT2D eigenvalue weighted by atomic mass is 10.1. The summed E-state index contributed by atoms with van der Waals surface area (Å²) in [6.45, 7) is 0. The Labute approximate surface area is 181 Å². The number of aliphatic hydroxyl groups is 2. The Balaban J connectivity index is 1.41. The summed E-state index contributed by atoms with van der Waals surface area (Å²) in [5.74, 6) is 0.239. The normalized spacial score (nSPS) is 23.6. The standard InChI is InChI=1S/C20H21N5O5S/c1-29-14(26)7-4-11-2-5-12(6-3-11)31-8-13-16(27)17(28)20(30-13)25-10-24-15-18(21)22-9-23-19(15)25/h2-7,9-10,13,16-17,20,27-28H,8H2,1H3,(H2,21,22,23)/b7-4+/t13-,16-,17-,20-/m1/s1. The van der Waals surface area contributed by atoms with Crippen LogP contribution in [0.2, 0.25) is 0 Å². The first-order valence-electron chi connectivity index (χ1n) is 9.41. The Morgan fingerprint density at radius 3 is 2.77 bits per heavy atom. The van der Waals surface area contributed by atoms with Crippen molar-refractivity contribution < 1.29 is 24.5 Å². The molecule has 3 aromatic rings. The van der Waals surface area contributed by atoms with Gasteiger partial charge in [0, 0.05) is 16.7 Å². The number of esters is 1. The van der Waals surface area contributed by atoms with Crippen molar-refractivity contribution in [2.24, 2.45) is 0 Å². The molecule has 1 aliphatic heterocycles. The lowest BCUT2D eigenvalue weighted by Gasteiger charge is -2.16. The van der Waals surface area contributed by atoms with Crippen LogP contribution in [0.1, 0.15) is 11.8 Å². The Morgan fingerprint density at radius 2 is 2.03 bits per heavy atom. The Kier molecular flexibility index (Phi) is 6.18. The third-order valence-electron chi connectivity index (χ3n) is 4.91. The van der Waals surface area contributed by atoms with E-state index < -0.39 is 30.5 Å². The number of carbonyl (C=O) groups excluding carboxylic acids is 1. The number of benzene rings is 1.